The van der Waals surface area contributed by atoms with Gasteiger partial charge in [0.15, 0.2) is 0 Å². The average Bonchev–Trinajstić information content (AvgIpc) is 2.98. The number of rotatable bonds is 3. The van der Waals surface area contributed by atoms with Gasteiger partial charge in [0.2, 0.25) is 0 Å². The summed E-state index contributed by atoms with van der Waals surface area (Å²) in [6.07, 6.45) is 2.14. The second-order valence-corrected chi connectivity index (χ2v) is 6.23. The van der Waals surface area contributed by atoms with Crippen molar-refractivity contribution in [1.82, 2.24) is 15.6 Å². The number of halogens is 1. The lowest BCUT2D eigenvalue weighted by Crippen LogP contribution is -2.45. The maximum atomic E-state index is 12.2. The van der Waals surface area contributed by atoms with Crippen LogP contribution in [-0.2, 0) is 0 Å². The summed E-state index contributed by atoms with van der Waals surface area (Å²) in [6, 6.07) is 8.33. The number of hydrogen-bond acceptors (Lipinski definition) is 4. The van der Waals surface area contributed by atoms with Crippen LogP contribution >= 0.6 is 23.7 Å². The maximum absolute atomic E-state index is 12.2. The Morgan fingerprint density at radius 3 is 2.95 bits per heavy atom. The van der Waals surface area contributed by atoms with E-state index in [1.807, 2.05) is 23.6 Å². The second-order valence-electron chi connectivity index (χ2n) is 5.37. The maximum Gasteiger partial charge on any atom is 0.271 e. The van der Waals surface area contributed by atoms with Gasteiger partial charge in [-0.3, -0.25) is 4.79 Å². The summed E-state index contributed by atoms with van der Waals surface area (Å²) in [7, 11) is 0. The van der Waals surface area contributed by atoms with Gasteiger partial charge in [-0.05, 0) is 31.9 Å². The molecule has 0 unspecified atom stereocenters. The van der Waals surface area contributed by atoms with Crippen LogP contribution in [0.1, 0.15) is 28.9 Å². The first-order chi connectivity index (χ1) is 10.2. The Bertz CT molecular complexity index is 638. The second kappa shape index (κ2) is 7.72. The molecule has 1 saturated heterocycles. The molecule has 2 aromatic rings. The molecule has 3 rings (SSSR count). The summed E-state index contributed by atoms with van der Waals surface area (Å²) in [5.41, 5.74) is 2.79. The molecule has 0 bridgehead atoms. The van der Waals surface area contributed by atoms with E-state index in [1.165, 1.54) is 16.9 Å². The van der Waals surface area contributed by atoms with Crippen molar-refractivity contribution in [2.45, 2.75) is 25.8 Å². The van der Waals surface area contributed by atoms with Crippen LogP contribution in [0, 0.1) is 6.92 Å². The van der Waals surface area contributed by atoms with Crippen molar-refractivity contribution in [3.8, 4) is 10.6 Å². The predicted octanol–water partition coefficient (Wildman–Crippen LogP) is 3.02. The molecule has 1 aromatic carbocycles. The van der Waals surface area contributed by atoms with Gasteiger partial charge in [0.25, 0.3) is 5.91 Å². The van der Waals surface area contributed by atoms with E-state index in [1.54, 1.807) is 0 Å². The Morgan fingerprint density at radius 1 is 1.41 bits per heavy atom. The number of aromatic nitrogens is 1. The molecule has 2 N–H and O–H groups in total. The van der Waals surface area contributed by atoms with Crippen molar-refractivity contribution in [2.75, 3.05) is 13.1 Å². The minimum absolute atomic E-state index is 0. The van der Waals surface area contributed by atoms with E-state index in [0.717, 1.165) is 36.5 Å². The quantitative estimate of drug-likeness (QED) is 0.905. The summed E-state index contributed by atoms with van der Waals surface area (Å²) in [4.78, 5) is 16.7. The first kappa shape index (κ1) is 16.9. The number of amides is 1. The number of piperidine rings is 1. The highest BCUT2D eigenvalue weighted by molar-refractivity contribution is 7.13. The van der Waals surface area contributed by atoms with Crippen molar-refractivity contribution >= 4 is 29.7 Å². The molecule has 1 aliphatic rings. The Kier molecular flexibility index (Phi) is 5.94. The lowest BCUT2D eigenvalue weighted by molar-refractivity contribution is 0.0926. The van der Waals surface area contributed by atoms with Crippen molar-refractivity contribution < 1.29 is 4.79 Å². The molecule has 0 spiro atoms. The van der Waals surface area contributed by atoms with E-state index in [2.05, 4.69) is 28.6 Å². The standard InChI is InChI=1S/C16H19N3OS.ClH/c1-11-5-2-3-7-13(11)16-19-14(10-21-16)15(20)18-12-6-4-8-17-9-12;/h2-3,5,7,10,12,17H,4,6,8-9H2,1H3,(H,18,20);1H/t12-;/m0./s1. The minimum Gasteiger partial charge on any atom is -0.347 e. The van der Waals surface area contributed by atoms with E-state index < -0.39 is 0 Å². The number of hydrogen-bond donors (Lipinski definition) is 2. The molecule has 1 aromatic heterocycles. The Morgan fingerprint density at radius 2 is 2.23 bits per heavy atom. The zero-order valence-corrected chi connectivity index (χ0v) is 14.1. The van der Waals surface area contributed by atoms with Gasteiger partial charge in [-0.2, -0.15) is 0 Å². The van der Waals surface area contributed by atoms with Crippen LogP contribution in [0.4, 0.5) is 0 Å². The lowest BCUT2D eigenvalue weighted by Gasteiger charge is -2.23. The fraction of sp³-hybridized carbons (Fsp3) is 0.375. The number of benzene rings is 1. The van der Waals surface area contributed by atoms with Crippen LogP contribution in [-0.4, -0.2) is 30.0 Å². The van der Waals surface area contributed by atoms with Gasteiger partial charge < -0.3 is 10.6 Å². The summed E-state index contributed by atoms with van der Waals surface area (Å²) >= 11 is 1.52. The molecular weight excluding hydrogens is 318 g/mol. The van der Waals surface area contributed by atoms with Gasteiger partial charge in [0.05, 0.1) is 0 Å². The molecule has 0 aliphatic carbocycles. The van der Waals surface area contributed by atoms with Crippen molar-refractivity contribution in [2.24, 2.45) is 0 Å². The van der Waals surface area contributed by atoms with Gasteiger partial charge >= 0.3 is 0 Å². The molecule has 0 saturated carbocycles. The van der Waals surface area contributed by atoms with E-state index in [4.69, 9.17) is 0 Å². The zero-order valence-electron chi connectivity index (χ0n) is 12.5. The Balaban J connectivity index is 0.00000176. The molecule has 118 valence electrons. The third kappa shape index (κ3) is 3.85. The average molecular weight is 338 g/mol. The first-order valence-electron chi connectivity index (χ1n) is 7.27. The van der Waals surface area contributed by atoms with Gasteiger partial charge in [-0.15, -0.1) is 23.7 Å². The number of carbonyl (C=O) groups excluding carboxylic acids is 1. The summed E-state index contributed by atoms with van der Waals surface area (Å²) in [6.45, 7) is 3.95. The van der Waals surface area contributed by atoms with Gasteiger partial charge in [0.1, 0.15) is 10.7 Å². The van der Waals surface area contributed by atoms with Crippen LogP contribution in [0.2, 0.25) is 0 Å². The Labute approximate surface area is 140 Å². The molecule has 6 heteroatoms. The number of nitrogens with one attached hydrogen (secondary N) is 2. The largest absolute Gasteiger partial charge is 0.347 e. The number of carbonyl (C=O) groups is 1. The lowest BCUT2D eigenvalue weighted by atomic mass is 10.1. The van der Waals surface area contributed by atoms with Gasteiger partial charge in [0, 0.05) is 23.5 Å². The number of nitrogens with zero attached hydrogens (tertiary/aromatic N) is 1. The molecule has 1 aliphatic heterocycles. The SMILES string of the molecule is Cc1ccccc1-c1nc(C(=O)N[C@H]2CCCNC2)cs1.Cl. The topological polar surface area (TPSA) is 54.0 Å². The molecule has 4 nitrogen and oxygen atoms in total. The van der Waals surface area contributed by atoms with Crippen LogP contribution < -0.4 is 10.6 Å². The van der Waals surface area contributed by atoms with Crippen LogP contribution in [0.5, 0.6) is 0 Å². The fourth-order valence-electron chi connectivity index (χ4n) is 2.55. The van der Waals surface area contributed by atoms with Crippen molar-refractivity contribution in [3.05, 3.63) is 40.9 Å². The van der Waals surface area contributed by atoms with E-state index in [9.17, 15) is 4.79 Å². The smallest absolute Gasteiger partial charge is 0.271 e. The van der Waals surface area contributed by atoms with Crippen LogP contribution in [0.25, 0.3) is 10.6 Å². The molecule has 22 heavy (non-hydrogen) atoms. The van der Waals surface area contributed by atoms with E-state index in [-0.39, 0.29) is 24.4 Å². The molecule has 0 radical (unpaired) electrons. The van der Waals surface area contributed by atoms with Gasteiger partial charge in [-0.25, -0.2) is 4.98 Å². The highest BCUT2D eigenvalue weighted by atomic mass is 35.5. The molecule has 1 fully saturated rings. The summed E-state index contributed by atoms with van der Waals surface area (Å²) in [5, 5.41) is 9.10. The van der Waals surface area contributed by atoms with Crippen molar-refractivity contribution in [1.29, 1.82) is 0 Å². The van der Waals surface area contributed by atoms with Gasteiger partial charge in [-0.1, -0.05) is 24.3 Å². The number of aryl methyl sites for hydroxylation is 1. The molecule has 2 heterocycles. The number of thiazole rings is 1. The highest BCUT2D eigenvalue weighted by Gasteiger charge is 2.18. The zero-order chi connectivity index (χ0) is 14.7. The highest BCUT2D eigenvalue weighted by Crippen LogP contribution is 2.26. The van der Waals surface area contributed by atoms with Crippen LogP contribution in [0.3, 0.4) is 0 Å². The van der Waals surface area contributed by atoms with E-state index in [0.29, 0.717) is 5.69 Å². The summed E-state index contributed by atoms with van der Waals surface area (Å²) < 4.78 is 0. The first-order valence-corrected chi connectivity index (χ1v) is 8.15. The summed E-state index contributed by atoms with van der Waals surface area (Å²) in [5.74, 6) is -0.0696. The minimum atomic E-state index is -0.0696. The fourth-order valence-corrected chi connectivity index (χ4v) is 3.44. The van der Waals surface area contributed by atoms with E-state index >= 15 is 0 Å². The third-order valence-electron chi connectivity index (χ3n) is 3.74. The molecular formula is C16H20ClN3OS. The predicted molar refractivity (Wildman–Crippen MR) is 92.9 cm³/mol. The normalized spacial score (nSPS) is 17.6. The monoisotopic (exact) mass is 337 g/mol. The molecule has 1 amide bonds. The third-order valence-corrected chi connectivity index (χ3v) is 4.62. The molecule has 1 atom stereocenters. The Hall–Kier alpha value is -1.43. The van der Waals surface area contributed by atoms with Crippen LogP contribution in [0.15, 0.2) is 29.6 Å². The van der Waals surface area contributed by atoms with Crippen molar-refractivity contribution in [3.63, 3.8) is 0 Å².